The summed E-state index contributed by atoms with van der Waals surface area (Å²) < 4.78 is 6.45. The van der Waals surface area contributed by atoms with E-state index in [1.165, 1.54) is 5.56 Å². The van der Waals surface area contributed by atoms with Gasteiger partial charge in [0, 0.05) is 22.3 Å². The lowest BCUT2D eigenvalue weighted by Gasteiger charge is -2.22. The first-order valence-corrected chi connectivity index (χ1v) is 7.30. The fraction of sp³-hybridized carbons (Fsp3) is 0.250. The molecule has 20 heavy (non-hydrogen) atoms. The number of nitrogens with one attached hydrogen (secondary N) is 1. The van der Waals surface area contributed by atoms with E-state index in [4.69, 9.17) is 10.5 Å². The quantitative estimate of drug-likeness (QED) is 0.872. The molecule has 0 aromatic heterocycles. The lowest BCUT2D eigenvalue weighted by atomic mass is 10.0. The first-order valence-electron chi connectivity index (χ1n) is 6.51. The number of hydrogen-bond acceptors (Lipinski definition) is 3. The molecule has 3 N–H and O–H groups in total. The predicted molar refractivity (Wildman–Crippen MR) is 87.3 cm³/mol. The molecular formula is C16H19BrN2O. The summed E-state index contributed by atoms with van der Waals surface area (Å²) in [5, 5.41) is 3.49. The highest BCUT2D eigenvalue weighted by molar-refractivity contribution is 9.10. The molecule has 3 nitrogen and oxygen atoms in total. The monoisotopic (exact) mass is 334 g/mol. The third-order valence-corrected chi connectivity index (χ3v) is 3.77. The molecule has 2 aromatic rings. The molecule has 0 heterocycles. The molecule has 1 unspecified atom stereocenters. The first-order chi connectivity index (χ1) is 9.65. The van der Waals surface area contributed by atoms with Crippen molar-refractivity contribution in [1.29, 1.82) is 0 Å². The molecule has 4 heteroatoms. The topological polar surface area (TPSA) is 47.3 Å². The van der Waals surface area contributed by atoms with Crippen LogP contribution in [0.4, 0.5) is 5.69 Å². The van der Waals surface area contributed by atoms with Crippen molar-refractivity contribution < 1.29 is 4.74 Å². The van der Waals surface area contributed by atoms with E-state index < -0.39 is 0 Å². The zero-order chi connectivity index (χ0) is 14.5. The van der Waals surface area contributed by atoms with Gasteiger partial charge in [0.1, 0.15) is 5.75 Å². The van der Waals surface area contributed by atoms with Crippen LogP contribution in [0.15, 0.2) is 46.9 Å². The van der Waals surface area contributed by atoms with Crippen LogP contribution in [0.2, 0.25) is 0 Å². The van der Waals surface area contributed by atoms with Crippen molar-refractivity contribution in [1.82, 2.24) is 0 Å². The Labute approximate surface area is 128 Å². The second kappa shape index (κ2) is 6.77. The predicted octanol–water partition coefficient (Wildman–Crippen LogP) is 3.88. The molecule has 0 radical (unpaired) electrons. The van der Waals surface area contributed by atoms with Gasteiger partial charge in [-0.15, -0.1) is 0 Å². The van der Waals surface area contributed by atoms with E-state index in [0.29, 0.717) is 6.54 Å². The smallest absolute Gasteiger partial charge is 0.124 e. The van der Waals surface area contributed by atoms with Gasteiger partial charge in [-0.3, -0.25) is 0 Å². The molecule has 0 saturated carbocycles. The minimum Gasteiger partial charge on any atom is -0.496 e. The summed E-state index contributed by atoms with van der Waals surface area (Å²) in [4.78, 5) is 0. The molecule has 0 aliphatic rings. The Hall–Kier alpha value is -1.52. The number of hydrogen-bond donors (Lipinski definition) is 2. The van der Waals surface area contributed by atoms with Crippen LogP contribution in [0, 0.1) is 6.92 Å². The van der Waals surface area contributed by atoms with Crippen LogP contribution in [0.25, 0.3) is 0 Å². The summed E-state index contributed by atoms with van der Waals surface area (Å²) in [6.07, 6.45) is 0. The highest BCUT2D eigenvalue weighted by Crippen LogP contribution is 2.31. The Morgan fingerprint density at radius 3 is 2.65 bits per heavy atom. The lowest BCUT2D eigenvalue weighted by molar-refractivity contribution is 0.407. The Balaban J connectivity index is 2.33. The van der Waals surface area contributed by atoms with Crippen molar-refractivity contribution in [3.63, 3.8) is 0 Å². The zero-order valence-electron chi connectivity index (χ0n) is 11.7. The van der Waals surface area contributed by atoms with Gasteiger partial charge in [-0.1, -0.05) is 34.1 Å². The van der Waals surface area contributed by atoms with Crippen LogP contribution < -0.4 is 15.8 Å². The lowest BCUT2D eigenvalue weighted by Crippen LogP contribution is -2.21. The highest BCUT2D eigenvalue weighted by Gasteiger charge is 2.15. The van der Waals surface area contributed by atoms with Crippen LogP contribution >= 0.6 is 15.9 Å². The molecular weight excluding hydrogens is 316 g/mol. The maximum Gasteiger partial charge on any atom is 0.124 e. The molecule has 0 fully saturated rings. The molecule has 0 bridgehead atoms. The summed E-state index contributed by atoms with van der Waals surface area (Å²) in [5.41, 5.74) is 9.27. The van der Waals surface area contributed by atoms with Gasteiger partial charge >= 0.3 is 0 Å². The van der Waals surface area contributed by atoms with Crippen LogP contribution in [0.1, 0.15) is 17.2 Å². The number of aryl methyl sites for hydroxylation is 1. The maximum atomic E-state index is 5.94. The number of anilines is 1. The Morgan fingerprint density at radius 2 is 2.00 bits per heavy atom. The number of ether oxygens (including phenoxy) is 1. The number of halogens is 1. The van der Waals surface area contributed by atoms with Crippen LogP contribution in [0.3, 0.4) is 0 Å². The van der Waals surface area contributed by atoms with Crippen molar-refractivity contribution in [2.24, 2.45) is 5.73 Å². The third kappa shape index (κ3) is 3.32. The standard InChI is InChI=1S/C16H19BrN2O/c1-11-5-3-4-6-14(11)19-15(10-18)13-9-12(17)7-8-16(13)20-2/h3-9,15,19H,10,18H2,1-2H3. The minimum atomic E-state index is 0.00329. The van der Waals surface area contributed by atoms with E-state index in [9.17, 15) is 0 Å². The number of rotatable bonds is 5. The van der Waals surface area contributed by atoms with Gasteiger partial charge < -0.3 is 15.8 Å². The summed E-state index contributed by atoms with van der Waals surface area (Å²) in [6.45, 7) is 2.56. The van der Waals surface area contributed by atoms with Crippen LogP contribution in [-0.2, 0) is 0 Å². The first kappa shape index (κ1) is 14.9. The van der Waals surface area contributed by atoms with Crippen molar-refractivity contribution in [3.8, 4) is 5.75 Å². The number of para-hydroxylation sites is 1. The molecule has 1 atom stereocenters. The normalized spacial score (nSPS) is 12.0. The molecule has 0 amide bonds. The fourth-order valence-electron chi connectivity index (χ4n) is 2.16. The fourth-order valence-corrected chi connectivity index (χ4v) is 2.54. The van der Waals surface area contributed by atoms with Gasteiger partial charge in [-0.2, -0.15) is 0 Å². The van der Waals surface area contributed by atoms with Gasteiger partial charge in [0.15, 0.2) is 0 Å². The Morgan fingerprint density at radius 1 is 1.25 bits per heavy atom. The average molecular weight is 335 g/mol. The summed E-state index contributed by atoms with van der Waals surface area (Å²) in [7, 11) is 1.67. The summed E-state index contributed by atoms with van der Waals surface area (Å²) >= 11 is 3.50. The van der Waals surface area contributed by atoms with Crippen molar-refractivity contribution in [3.05, 3.63) is 58.1 Å². The van der Waals surface area contributed by atoms with E-state index in [-0.39, 0.29) is 6.04 Å². The molecule has 0 saturated heterocycles. The Kier molecular flexibility index (Phi) is 5.04. The summed E-state index contributed by atoms with van der Waals surface area (Å²) in [5.74, 6) is 0.838. The van der Waals surface area contributed by atoms with Crippen LogP contribution in [0.5, 0.6) is 5.75 Å². The molecule has 106 valence electrons. The van der Waals surface area contributed by atoms with Crippen molar-refractivity contribution in [2.75, 3.05) is 19.0 Å². The second-order valence-electron chi connectivity index (χ2n) is 4.63. The van der Waals surface area contributed by atoms with Gasteiger partial charge in [-0.25, -0.2) is 0 Å². The number of nitrogens with two attached hydrogens (primary N) is 1. The average Bonchev–Trinajstić information content (AvgIpc) is 2.46. The molecule has 0 aliphatic carbocycles. The number of methoxy groups -OCH3 is 1. The molecule has 0 spiro atoms. The van der Waals surface area contributed by atoms with Gasteiger partial charge in [0.25, 0.3) is 0 Å². The Bertz CT molecular complexity index is 586. The van der Waals surface area contributed by atoms with E-state index in [0.717, 1.165) is 21.5 Å². The minimum absolute atomic E-state index is 0.00329. The van der Waals surface area contributed by atoms with Gasteiger partial charge in [0.05, 0.1) is 13.2 Å². The SMILES string of the molecule is COc1ccc(Br)cc1C(CN)Nc1ccccc1C. The maximum absolute atomic E-state index is 5.94. The van der Waals surface area contributed by atoms with E-state index >= 15 is 0 Å². The zero-order valence-corrected chi connectivity index (χ0v) is 13.3. The van der Waals surface area contributed by atoms with Crippen molar-refractivity contribution in [2.45, 2.75) is 13.0 Å². The molecule has 0 aliphatic heterocycles. The third-order valence-electron chi connectivity index (χ3n) is 3.28. The van der Waals surface area contributed by atoms with Crippen LogP contribution in [-0.4, -0.2) is 13.7 Å². The van der Waals surface area contributed by atoms with Crippen molar-refractivity contribution >= 4 is 21.6 Å². The largest absolute Gasteiger partial charge is 0.496 e. The summed E-state index contributed by atoms with van der Waals surface area (Å²) in [6, 6.07) is 14.1. The molecule has 2 aromatic carbocycles. The second-order valence-corrected chi connectivity index (χ2v) is 5.55. The van der Waals surface area contributed by atoms with E-state index in [1.807, 2.05) is 30.3 Å². The number of benzene rings is 2. The van der Waals surface area contributed by atoms with Gasteiger partial charge in [-0.05, 0) is 36.8 Å². The van der Waals surface area contributed by atoms with E-state index in [2.05, 4.69) is 40.3 Å². The van der Waals surface area contributed by atoms with E-state index in [1.54, 1.807) is 7.11 Å². The highest BCUT2D eigenvalue weighted by atomic mass is 79.9. The molecule has 2 rings (SSSR count). The van der Waals surface area contributed by atoms with Gasteiger partial charge in [0.2, 0.25) is 0 Å².